The van der Waals surface area contributed by atoms with Gasteiger partial charge in [0.1, 0.15) is 4.90 Å². The smallest absolute Gasteiger partial charge is 0.339 e. The first-order valence-electron chi connectivity index (χ1n) is 8.63. The Morgan fingerprint density at radius 3 is 2.48 bits per heavy atom. The van der Waals surface area contributed by atoms with Gasteiger partial charge in [-0.05, 0) is 47.7 Å². The molecule has 0 spiro atoms. The Morgan fingerprint density at radius 1 is 1.19 bits per heavy atom. The Hall–Kier alpha value is -2.67. The fourth-order valence-electron chi connectivity index (χ4n) is 3.34. The molecule has 0 aliphatic heterocycles. The summed E-state index contributed by atoms with van der Waals surface area (Å²) in [4.78, 5) is 23.3. The summed E-state index contributed by atoms with van der Waals surface area (Å²) in [6.07, 6.45) is 0.356. The predicted molar refractivity (Wildman–Crippen MR) is 100 cm³/mol. The largest absolute Gasteiger partial charge is 0.378 e. The number of hydrogen-bond donors (Lipinski definition) is 1. The molecule has 1 aliphatic carbocycles. The van der Waals surface area contributed by atoms with Gasteiger partial charge in [-0.15, -0.1) is 0 Å². The first kappa shape index (κ1) is 19.1. The summed E-state index contributed by atoms with van der Waals surface area (Å²) in [5, 5.41) is 2.65. The number of rotatable bonds is 5. The monoisotopic (exact) mass is 387 g/mol. The average molecular weight is 387 g/mol. The van der Waals surface area contributed by atoms with Crippen LogP contribution in [0.15, 0.2) is 41.3 Å². The molecule has 1 N–H and O–H groups in total. The number of ketones is 1. The van der Waals surface area contributed by atoms with Crippen LogP contribution >= 0.6 is 0 Å². The van der Waals surface area contributed by atoms with Gasteiger partial charge >= 0.3 is 10.1 Å². The summed E-state index contributed by atoms with van der Waals surface area (Å²) in [5.41, 5.74) is 2.95. The van der Waals surface area contributed by atoms with Gasteiger partial charge in [-0.3, -0.25) is 9.59 Å². The van der Waals surface area contributed by atoms with E-state index in [4.69, 9.17) is 4.18 Å². The zero-order chi connectivity index (χ0) is 19.8. The van der Waals surface area contributed by atoms with Crippen molar-refractivity contribution in [2.45, 2.75) is 44.6 Å². The number of Topliss-reactive ketones (excluding diaryl/α,β-unsaturated/α-hetero) is 1. The van der Waals surface area contributed by atoms with Crippen LogP contribution in [0.3, 0.4) is 0 Å². The van der Waals surface area contributed by atoms with E-state index in [0.717, 1.165) is 16.7 Å². The minimum atomic E-state index is -4.08. The lowest BCUT2D eigenvalue weighted by Crippen LogP contribution is -2.19. The van der Waals surface area contributed by atoms with Gasteiger partial charge in [0.25, 0.3) is 0 Å². The van der Waals surface area contributed by atoms with Crippen LogP contribution in [-0.4, -0.2) is 20.1 Å². The lowest BCUT2D eigenvalue weighted by molar-refractivity contribution is -0.119. The molecule has 0 heterocycles. The van der Waals surface area contributed by atoms with Gasteiger partial charge in [0.15, 0.2) is 11.5 Å². The third kappa shape index (κ3) is 3.88. The fourth-order valence-corrected chi connectivity index (χ4v) is 4.29. The van der Waals surface area contributed by atoms with Gasteiger partial charge in [0.2, 0.25) is 5.91 Å². The van der Waals surface area contributed by atoms with Crippen LogP contribution in [0.1, 0.15) is 53.2 Å². The highest BCUT2D eigenvalue weighted by molar-refractivity contribution is 7.87. The summed E-state index contributed by atoms with van der Waals surface area (Å²) in [6, 6.07) is 9.37. The first-order chi connectivity index (χ1) is 12.7. The first-order valence-corrected chi connectivity index (χ1v) is 10.0. The third-order valence-electron chi connectivity index (χ3n) is 4.64. The topological polar surface area (TPSA) is 89.5 Å². The molecule has 1 unspecified atom stereocenters. The van der Waals surface area contributed by atoms with Crippen molar-refractivity contribution in [2.75, 3.05) is 0 Å². The Morgan fingerprint density at radius 2 is 1.85 bits per heavy atom. The number of aryl methyl sites for hydroxylation is 1. The van der Waals surface area contributed by atoms with E-state index in [-0.39, 0.29) is 28.3 Å². The van der Waals surface area contributed by atoms with Crippen molar-refractivity contribution in [3.8, 4) is 5.75 Å². The summed E-state index contributed by atoms with van der Waals surface area (Å²) in [5.74, 6) is -0.140. The molecular formula is C20H21NO5S. The summed E-state index contributed by atoms with van der Waals surface area (Å²) < 4.78 is 30.6. The Bertz CT molecular complexity index is 1010. The number of carbonyl (C=O) groups is 2. The number of nitrogens with one attached hydrogen (secondary N) is 1. The van der Waals surface area contributed by atoms with Crippen molar-refractivity contribution in [1.29, 1.82) is 0 Å². The number of carbonyl (C=O) groups excluding carboxylic acids is 2. The summed E-state index contributed by atoms with van der Waals surface area (Å²) in [6.45, 7) is 5.58. The maximum Gasteiger partial charge on any atom is 0.339 e. The van der Waals surface area contributed by atoms with Crippen molar-refractivity contribution in [1.82, 2.24) is 5.32 Å². The number of hydrogen-bond acceptors (Lipinski definition) is 5. The minimum absolute atomic E-state index is 0.0121. The quantitative estimate of drug-likeness (QED) is 0.797. The molecule has 0 aromatic heterocycles. The molecule has 2 aromatic carbocycles. The van der Waals surface area contributed by atoms with E-state index in [2.05, 4.69) is 5.32 Å². The minimum Gasteiger partial charge on any atom is -0.378 e. The molecule has 6 nitrogen and oxygen atoms in total. The molecule has 1 atom stereocenters. The van der Waals surface area contributed by atoms with E-state index >= 15 is 0 Å². The summed E-state index contributed by atoms with van der Waals surface area (Å²) in [7, 11) is -4.08. The SMILES string of the molecule is CC(=O)NCc1ccc(S(=O)(=O)Oc2ccc(C)c3c2C(=O)CC3C)cc1. The molecule has 0 saturated carbocycles. The second-order valence-corrected chi connectivity index (χ2v) is 8.34. The molecule has 3 rings (SSSR count). The van der Waals surface area contributed by atoms with Crippen molar-refractivity contribution in [2.24, 2.45) is 0 Å². The maximum atomic E-state index is 12.6. The van der Waals surface area contributed by atoms with Crippen LogP contribution in [0.4, 0.5) is 0 Å². The molecule has 27 heavy (non-hydrogen) atoms. The van der Waals surface area contributed by atoms with Crippen LogP contribution in [0.5, 0.6) is 5.75 Å². The maximum absolute atomic E-state index is 12.6. The average Bonchev–Trinajstić information content (AvgIpc) is 2.91. The van der Waals surface area contributed by atoms with Gasteiger partial charge in [-0.1, -0.05) is 25.1 Å². The van der Waals surface area contributed by atoms with Crippen molar-refractivity contribution < 1.29 is 22.2 Å². The van der Waals surface area contributed by atoms with E-state index in [1.165, 1.54) is 25.1 Å². The zero-order valence-corrected chi connectivity index (χ0v) is 16.2. The molecule has 1 amide bonds. The van der Waals surface area contributed by atoms with Crippen LogP contribution < -0.4 is 9.50 Å². The van der Waals surface area contributed by atoms with Crippen molar-refractivity contribution >= 4 is 21.8 Å². The van der Waals surface area contributed by atoms with Gasteiger partial charge in [-0.25, -0.2) is 0 Å². The van der Waals surface area contributed by atoms with Gasteiger partial charge in [0, 0.05) is 19.9 Å². The Balaban J connectivity index is 1.88. The van der Waals surface area contributed by atoms with Crippen molar-refractivity contribution in [3.05, 3.63) is 58.7 Å². The molecule has 0 saturated heterocycles. The molecule has 0 fully saturated rings. The van der Waals surface area contributed by atoms with Crippen LogP contribution in [0.2, 0.25) is 0 Å². The highest BCUT2D eigenvalue weighted by Gasteiger charge is 2.32. The zero-order valence-electron chi connectivity index (χ0n) is 15.4. The van der Waals surface area contributed by atoms with E-state index in [0.29, 0.717) is 18.5 Å². The summed E-state index contributed by atoms with van der Waals surface area (Å²) >= 11 is 0. The lowest BCUT2D eigenvalue weighted by Gasteiger charge is -2.13. The van der Waals surface area contributed by atoms with Crippen molar-refractivity contribution in [3.63, 3.8) is 0 Å². The molecule has 1 aliphatic rings. The predicted octanol–water partition coefficient (Wildman–Crippen LogP) is 3.09. The standard InChI is InChI=1S/C20H21NO5S/c1-12-4-9-18(20-17(23)10-13(2)19(12)20)26-27(24,25)16-7-5-15(6-8-16)11-21-14(3)22/h4-9,13H,10-11H2,1-3H3,(H,21,22). The third-order valence-corrected chi connectivity index (χ3v) is 5.89. The van der Waals surface area contributed by atoms with E-state index in [1.807, 2.05) is 13.8 Å². The second-order valence-electron chi connectivity index (χ2n) is 6.79. The van der Waals surface area contributed by atoms with Crippen LogP contribution in [-0.2, 0) is 21.5 Å². The highest BCUT2D eigenvalue weighted by Crippen LogP contribution is 2.40. The molecule has 7 heteroatoms. The van der Waals surface area contributed by atoms with Crippen LogP contribution in [0, 0.1) is 6.92 Å². The van der Waals surface area contributed by atoms with E-state index < -0.39 is 10.1 Å². The fraction of sp³-hybridized carbons (Fsp3) is 0.300. The van der Waals surface area contributed by atoms with E-state index in [9.17, 15) is 18.0 Å². The number of amides is 1. The normalized spacial score (nSPS) is 16.1. The Kier molecular flexibility index (Phi) is 5.06. The van der Waals surface area contributed by atoms with Gasteiger partial charge in [-0.2, -0.15) is 8.42 Å². The molecule has 0 bridgehead atoms. The second kappa shape index (κ2) is 7.15. The van der Waals surface area contributed by atoms with Crippen LogP contribution in [0.25, 0.3) is 0 Å². The molecular weight excluding hydrogens is 366 g/mol. The van der Waals surface area contributed by atoms with E-state index in [1.54, 1.807) is 18.2 Å². The highest BCUT2D eigenvalue weighted by atomic mass is 32.2. The molecule has 142 valence electrons. The number of fused-ring (bicyclic) bond motifs is 1. The molecule has 0 radical (unpaired) electrons. The Labute approximate surface area is 158 Å². The van der Waals surface area contributed by atoms with Gasteiger partial charge < -0.3 is 9.50 Å². The molecule has 2 aromatic rings. The lowest BCUT2D eigenvalue weighted by atomic mass is 9.98. The number of benzene rings is 2. The van der Waals surface area contributed by atoms with Gasteiger partial charge in [0.05, 0.1) is 5.56 Å².